The Balaban J connectivity index is 2.28. The summed E-state index contributed by atoms with van der Waals surface area (Å²) in [6.45, 7) is 14.3. The van der Waals surface area contributed by atoms with Gasteiger partial charge in [0.1, 0.15) is 0 Å². The first-order valence-corrected chi connectivity index (χ1v) is 7.06. The molecule has 2 nitrogen and oxygen atoms in total. The van der Waals surface area contributed by atoms with Crippen LogP contribution < -0.4 is 5.32 Å². The van der Waals surface area contributed by atoms with Gasteiger partial charge in [0.25, 0.3) is 0 Å². The van der Waals surface area contributed by atoms with Crippen LogP contribution in [0, 0.1) is 5.92 Å². The molecule has 0 aromatic heterocycles. The first kappa shape index (κ1) is 14.0. The number of nitrogens with one attached hydrogen (secondary N) is 1. The second kappa shape index (κ2) is 6.61. The molecule has 0 radical (unpaired) electrons. The van der Waals surface area contributed by atoms with Gasteiger partial charge in [-0.3, -0.25) is 4.90 Å². The molecule has 2 heteroatoms. The summed E-state index contributed by atoms with van der Waals surface area (Å²) in [6.07, 6.45) is 5.24. The van der Waals surface area contributed by atoms with E-state index >= 15 is 0 Å². The molecule has 0 aromatic carbocycles. The van der Waals surface area contributed by atoms with E-state index in [1.165, 1.54) is 51.9 Å². The number of hydrogen-bond donors (Lipinski definition) is 1. The maximum absolute atomic E-state index is 3.55. The Bertz CT molecular complexity index is 189. The first-order valence-electron chi connectivity index (χ1n) is 7.06. The first-order chi connectivity index (χ1) is 7.60. The molecule has 1 N–H and O–H groups in total. The van der Waals surface area contributed by atoms with Crippen LogP contribution in [0.25, 0.3) is 0 Å². The van der Waals surface area contributed by atoms with Crippen LogP contribution in [-0.2, 0) is 0 Å². The molecule has 0 aliphatic carbocycles. The van der Waals surface area contributed by atoms with Gasteiger partial charge in [-0.2, -0.15) is 0 Å². The van der Waals surface area contributed by atoms with Crippen molar-refractivity contribution < 1.29 is 0 Å². The van der Waals surface area contributed by atoms with E-state index in [0.717, 1.165) is 5.92 Å². The molecule has 0 amide bonds. The summed E-state index contributed by atoms with van der Waals surface area (Å²) in [7, 11) is 0. The van der Waals surface area contributed by atoms with Gasteiger partial charge in [0.15, 0.2) is 0 Å². The SMILES string of the molecule is CCCNCC1CCN(C(C)(C)CCC)C1. The molecule has 1 aliphatic heterocycles. The number of rotatable bonds is 7. The summed E-state index contributed by atoms with van der Waals surface area (Å²) in [4.78, 5) is 2.69. The molecule has 96 valence electrons. The lowest BCUT2D eigenvalue weighted by atomic mass is 9.97. The average molecular weight is 226 g/mol. The number of likely N-dealkylation sites (tertiary alicyclic amines) is 1. The summed E-state index contributed by atoms with van der Waals surface area (Å²) in [5.74, 6) is 0.877. The standard InChI is InChI=1S/C14H30N2/c1-5-8-14(3,4)16-10-7-13(12-16)11-15-9-6-2/h13,15H,5-12H2,1-4H3. The molecule has 1 atom stereocenters. The van der Waals surface area contributed by atoms with Crippen LogP contribution in [0.2, 0.25) is 0 Å². The van der Waals surface area contributed by atoms with E-state index in [9.17, 15) is 0 Å². The molecule has 0 spiro atoms. The van der Waals surface area contributed by atoms with Crippen molar-refractivity contribution in [2.24, 2.45) is 5.92 Å². The maximum atomic E-state index is 3.55. The Morgan fingerprint density at radius 2 is 2.00 bits per heavy atom. The van der Waals surface area contributed by atoms with Crippen molar-refractivity contribution in [2.45, 2.75) is 58.9 Å². The van der Waals surface area contributed by atoms with Crippen molar-refractivity contribution in [2.75, 3.05) is 26.2 Å². The monoisotopic (exact) mass is 226 g/mol. The molecule has 1 fully saturated rings. The minimum absolute atomic E-state index is 0.411. The molecule has 1 unspecified atom stereocenters. The number of hydrogen-bond acceptors (Lipinski definition) is 2. The highest BCUT2D eigenvalue weighted by Gasteiger charge is 2.32. The van der Waals surface area contributed by atoms with Crippen molar-refractivity contribution in [1.29, 1.82) is 0 Å². The molecular formula is C14H30N2. The van der Waals surface area contributed by atoms with Gasteiger partial charge in [-0.15, -0.1) is 0 Å². The fourth-order valence-electron chi connectivity index (χ4n) is 2.80. The van der Waals surface area contributed by atoms with Crippen molar-refractivity contribution >= 4 is 0 Å². The Hall–Kier alpha value is -0.0800. The Labute approximate surface area is 102 Å². The van der Waals surface area contributed by atoms with Gasteiger partial charge in [-0.1, -0.05) is 20.3 Å². The van der Waals surface area contributed by atoms with Gasteiger partial charge in [-0.25, -0.2) is 0 Å². The van der Waals surface area contributed by atoms with Crippen LogP contribution in [0.3, 0.4) is 0 Å². The molecule has 1 saturated heterocycles. The van der Waals surface area contributed by atoms with E-state index in [4.69, 9.17) is 0 Å². The Morgan fingerprint density at radius 1 is 1.25 bits per heavy atom. The second-order valence-corrected chi connectivity index (χ2v) is 5.87. The zero-order valence-corrected chi connectivity index (χ0v) is 11.7. The molecule has 1 aliphatic rings. The molecule has 0 aromatic rings. The highest BCUT2D eigenvalue weighted by Crippen LogP contribution is 2.27. The predicted octanol–water partition coefficient (Wildman–Crippen LogP) is 2.89. The minimum Gasteiger partial charge on any atom is -0.316 e. The van der Waals surface area contributed by atoms with Crippen molar-refractivity contribution in [1.82, 2.24) is 10.2 Å². The predicted molar refractivity (Wildman–Crippen MR) is 71.8 cm³/mol. The average Bonchev–Trinajstić information content (AvgIpc) is 2.67. The fourth-order valence-corrected chi connectivity index (χ4v) is 2.80. The normalized spacial score (nSPS) is 22.9. The van der Waals surface area contributed by atoms with Gasteiger partial charge < -0.3 is 5.32 Å². The van der Waals surface area contributed by atoms with Gasteiger partial charge in [0.2, 0.25) is 0 Å². The zero-order chi connectivity index (χ0) is 12.0. The highest BCUT2D eigenvalue weighted by molar-refractivity contribution is 4.88. The lowest BCUT2D eigenvalue weighted by molar-refractivity contribution is 0.137. The van der Waals surface area contributed by atoms with Crippen molar-refractivity contribution in [3.05, 3.63) is 0 Å². The lowest BCUT2D eigenvalue weighted by Gasteiger charge is -2.35. The van der Waals surface area contributed by atoms with Crippen LogP contribution in [0.1, 0.15) is 53.4 Å². The van der Waals surface area contributed by atoms with Crippen LogP contribution in [0.5, 0.6) is 0 Å². The molecule has 16 heavy (non-hydrogen) atoms. The summed E-state index contributed by atoms with van der Waals surface area (Å²) in [6, 6.07) is 0. The van der Waals surface area contributed by atoms with Crippen LogP contribution in [0.4, 0.5) is 0 Å². The van der Waals surface area contributed by atoms with E-state index in [-0.39, 0.29) is 0 Å². The Morgan fingerprint density at radius 3 is 2.62 bits per heavy atom. The number of nitrogens with zero attached hydrogens (tertiary/aromatic N) is 1. The van der Waals surface area contributed by atoms with E-state index in [1.54, 1.807) is 0 Å². The molecule has 0 bridgehead atoms. The summed E-state index contributed by atoms with van der Waals surface area (Å²) in [5, 5.41) is 3.55. The van der Waals surface area contributed by atoms with Crippen LogP contribution in [-0.4, -0.2) is 36.6 Å². The fraction of sp³-hybridized carbons (Fsp3) is 1.00. The third kappa shape index (κ3) is 4.06. The molecular weight excluding hydrogens is 196 g/mol. The van der Waals surface area contributed by atoms with E-state index < -0.39 is 0 Å². The van der Waals surface area contributed by atoms with Gasteiger partial charge in [0, 0.05) is 12.1 Å². The third-order valence-corrected chi connectivity index (χ3v) is 3.86. The van der Waals surface area contributed by atoms with Crippen molar-refractivity contribution in [3.8, 4) is 0 Å². The summed E-state index contributed by atoms with van der Waals surface area (Å²) >= 11 is 0. The molecule has 1 rings (SSSR count). The van der Waals surface area contributed by atoms with Crippen molar-refractivity contribution in [3.63, 3.8) is 0 Å². The molecule has 1 heterocycles. The zero-order valence-electron chi connectivity index (χ0n) is 11.7. The largest absolute Gasteiger partial charge is 0.316 e. The minimum atomic E-state index is 0.411. The van der Waals surface area contributed by atoms with E-state index in [1.807, 2.05) is 0 Å². The topological polar surface area (TPSA) is 15.3 Å². The summed E-state index contributed by atoms with van der Waals surface area (Å²) in [5.41, 5.74) is 0.411. The van der Waals surface area contributed by atoms with Gasteiger partial charge in [0.05, 0.1) is 0 Å². The quantitative estimate of drug-likeness (QED) is 0.672. The van der Waals surface area contributed by atoms with Gasteiger partial charge in [-0.05, 0) is 58.7 Å². The van der Waals surface area contributed by atoms with Gasteiger partial charge >= 0.3 is 0 Å². The second-order valence-electron chi connectivity index (χ2n) is 5.87. The Kier molecular flexibility index (Phi) is 5.77. The lowest BCUT2D eigenvalue weighted by Crippen LogP contribution is -2.42. The smallest absolute Gasteiger partial charge is 0.0153 e. The summed E-state index contributed by atoms with van der Waals surface area (Å²) < 4.78 is 0. The highest BCUT2D eigenvalue weighted by atomic mass is 15.2. The third-order valence-electron chi connectivity index (χ3n) is 3.86. The molecule has 0 saturated carbocycles. The van der Waals surface area contributed by atoms with Crippen LogP contribution >= 0.6 is 0 Å². The maximum Gasteiger partial charge on any atom is 0.0153 e. The van der Waals surface area contributed by atoms with E-state index in [0.29, 0.717) is 5.54 Å². The van der Waals surface area contributed by atoms with Crippen LogP contribution in [0.15, 0.2) is 0 Å². The van der Waals surface area contributed by atoms with E-state index in [2.05, 4.69) is 37.9 Å².